The van der Waals surface area contributed by atoms with Crippen molar-refractivity contribution >= 4 is 29.1 Å². The first-order valence-electron chi connectivity index (χ1n) is 9.36. The standard InChI is InChI=1S/C19H24N4O3/c20-17(24)12-23-16-11-13(18(25)21-8-3-4-9-21)6-7-14(16)22-10-2-1-5-15(22)19(23)26/h6-7,11,15H,1-5,8-10,12H2,(H2,20,24). The molecule has 1 unspecified atom stereocenters. The van der Waals surface area contributed by atoms with E-state index in [4.69, 9.17) is 5.73 Å². The molecule has 26 heavy (non-hydrogen) atoms. The van der Waals surface area contributed by atoms with Crippen LogP contribution in [0.15, 0.2) is 18.2 Å². The van der Waals surface area contributed by atoms with E-state index >= 15 is 0 Å². The van der Waals surface area contributed by atoms with Crippen LogP contribution in [-0.4, -0.2) is 54.8 Å². The molecule has 1 aromatic rings. The lowest BCUT2D eigenvalue weighted by molar-refractivity contribution is -0.123. The number of nitrogens with two attached hydrogens (primary N) is 1. The number of carbonyl (C=O) groups is 3. The van der Waals surface area contributed by atoms with Gasteiger partial charge in [-0.25, -0.2) is 0 Å². The van der Waals surface area contributed by atoms with E-state index in [1.54, 1.807) is 6.07 Å². The molecule has 1 atom stereocenters. The molecular weight excluding hydrogens is 332 g/mol. The number of hydrogen-bond acceptors (Lipinski definition) is 4. The average Bonchev–Trinajstić information content (AvgIpc) is 3.18. The SMILES string of the molecule is NC(=O)CN1C(=O)C2CCCCN2c2ccc(C(=O)N3CCCC3)cc21. The van der Waals surface area contributed by atoms with Crippen molar-refractivity contribution in [3.63, 3.8) is 0 Å². The van der Waals surface area contributed by atoms with E-state index in [1.165, 1.54) is 4.90 Å². The van der Waals surface area contributed by atoms with Crippen LogP contribution in [-0.2, 0) is 9.59 Å². The Balaban J connectivity index is 1.74. The smallest absolute Gasteiger partial charge is 0.253 e. The molecule has 138 valence electrons. The average molecular weight is 356 g/mol. The lowest BCUT2D eigenvalue weighted by Gasteiger charge is -2.45. The third-order valence-electron chi connectivity index (χ3n) is 5.58. The minimum atomic E-state index is -0.551. The number of piperidine rings is 1. The van der Waals surface area contributed by atoms with E-state index in [1.807, 2.05) is 17.0 Å². The summed E-state index contributed by atoms with van der Waals surface area (Å²) in [4.78, 5) is 42.7. The van der Waals surface area contributed by atoms with Crippen molar-refractivity contribution in [2.75, 3.05) is 36.0 Å². The molecule has 0 saturated carbocycles. The van der Waals surface area contributed by atoms with Crippen molar-refractivity contribution in [1.29, 1.82) is 0 Å². The topological polar surface area (TPSA) is 87.0 Å². The fourth-order valence-electron chi connectivity index (χ4n) is 4.31. The molecule has 2 saturated heterocycles. The lowest BCUT2D eigenvalue weighted by atomic mass is 9.95. The quantitative estimate of drug-likeness (QED) is 0.879. The number of hydrogen-bond donors (Lipinski definition) is 1. The van der Waals surface area contributed by atoms with Crippen molar-refractivity contribution < 1.29 is 14.4 Å². The number of rotatable bonds is 3. The highest BCUT2D eigenvalue weighted by Crippen LogP contribution is 2.40. The Morgan fingerprint density at radius 1 is 1.04 bits per heavy atom. The summed E-state index contributed by atoms with van der Waals surface area (Å²) in [6.07, 6.45) is 4.87. The minimum Gasteiger partial charge on any atom is -0.368 e. The Bertz CT molecular complexity index is 757. The minimum absolute atomic E-state index is 0.0162. The molecule has 0 radical (unpaired) electrons. The van der Waals surface area contributed by atoms with E-state index in [0.29, 0.717) is 11.3 Å². The molecule has 1 aromatic carbocycles. The van der Waals surface area contributed by atoms with Crippen LogP contribution in [0.5, 0.6) is 0 Å². The van der Waals surface area contributed by atoms with Gasteiger partial charge in [-0.1, -0.05) is 0 Å². The summed E-state index contributed by atoms with van der Waals surface area (Å²) in [5, 5.41) is 0. The van der Waals surface area contributed by atoms with Crippen molar-refractivity contribution in [3.05, 3.63) is 23.8 Å². The van der Waals surface area contributed by atoms with E-state index in [9.17, 15) is 14.4 Å². The predicted molar refractivity (Wildman–Crippen MR) is 98.1 cm³/mol. The second kappa shape index (κ2) is 6.63. The Hall–Kier alpha value is -2.57. The monoisotopic (exact) mass is 356 g/mol. The van der Waals surface area contributed by atoms with E-state index in [0.717, 1.165) is 57.4 Å². The fraction of sp³-hybridized carbons (Fsp3) is 0.526. The molecule has 0 aromatic heterocycles. The molecule has 7 heteroatoms. The molecular formula is C19H24N4O3. The zero-order valence-corrected chi connectivity index (χ0v) is 14.8. The Morgan fingerprint density at radius 2 is 1.77 bits per heavy atom. The first kappa shape index (κ1) is 16.9. The summed E-state index contributed by atoms with van der Waals surface area (Å²) >= 11 is 0. The van der Waals surface area contributed by atoms with Gasteiger partial charge in [-0.15, -0.1) is 0 Å². The molecule has 3 aliphatic heterocycles. The van der Waals surface area contributed by atoms with Gasteiger partial charge in [0.2, 0.25) is 11.8 Å². The van der Waals surface area contributed by atoms with Crippen LogP contribution in [0, 0.1) is 0 Å². The highest BCUT2D eigenvalue weighted by molar-refractivity contribution is 6.09. The summed E-state index contributed by atoms with van der Waals surface area (Å²) in [7, 11) is 0. The zero-order chi connectivity index (χ0) is 18.3. The largest absolute Gasteiger partial charge is 0.368 e. The number of fused-ring (bicyclic) bond motifs is 3. The van der Waals surface area contributed by atoms with Crippen LogP contribution in [0.25, 0.3) is 0 Å². The lowest BCUT2D eigenvalue weighted by Crippen LogP contribution is -2.56. The number of benzene rings is 1. The molecule has 2 fully saturated rings. The van der Waals surface area contributed by atoms with Gasteiger partial charge in [0.25, 0.3) is 5.91 Å². The molecule has 0 spiro atoms. The van der Waals surface area contributed by atoms with Crippen molar-refractivity contribution in [2.24, 2.45) is 5.73 Å². The molecule has 2 N–H and O–H groups in total. The number of anilines is 2. The summed E-state index contributed by atoms with van der Waals surface area (Å²) in [5.41, 5.74) is 7.48. The molecule has 7 nitrogen and oxygen atoms in total. The van der Waals surface area contributed by atoms with Gasteiger partial charge in [0.05, 0.1) is 11.4 Å². The Kier molecular flexibility index (Phi) is 4.30. The van der Waals surface area contributed by atoms with Gasteiger partial charge in [-0.3, -0.25) is 19.3 Å². The van der Waals surface area contributed by atoms with E-state index in [2.05, 4.69) is 4.90 Å². The normalized spacial score (nSPS) is 22.2. The van der Waals surface area contributed by atoms with Crippen molar-refractivity contribution in [3.8, 4) is 0 Å². The van der Waals surface area contributed by atoms with Gasteiger partial charge < -0.3 is 15.5 Å². The maximum Gasteiger partial charge on any atom is 0.253 e. The fourth-order valence-corrected chi connectivity index (χ4v) is 4.31. The van der Waals surface area contributed by atoms with Gasteiger partial charge in [0, 0.05) is 25.2 Å². The highest BCUT2D eigenvalue weighted by atomic mass is 16.2. The molecule has 0 aliphatic carbocycles. The molecule has 0 bridgehead atoms. The van der Waals surface area contributed by atoms with Gasteiger partial charge in [-0.2, -0.15) is 0 Å². The van der Waals surface area contributed by atoms with Gasteiger partial charge >= 0.3 is 0 Å². The maximum absolute atomic E-state index is 13.0. The van der Waals surface area contributed by atoms with E-state index in [-0.39, 0.29) is 24.4 Å². The Morgan fingerprint density at radius 3 is 2.50 bits per heavy atom. The van der Waals surface area contributed by atoms with Crippen LogP contribution in [0.4, 0.5) is 11.4 Å². The van der Waals surface area contributed by atoms with E-state index < -0.39 is 5.91 Å². The highest BCUT2D eigenvalue weighted by Gasteiger charge is 2.40. The summed E-state index contributed by atoms with van der Waals surface area (Å²) in [6.45, 7) is 2.20. The molecule has 4 rings (SSSR count). The molecule has 3 heterocycles. The van der Waals surface area contributed by atoms with Crippen LogP contribution < -0.4 is 15.5 Å². The third kappa shape index (κ3) is 2.81. The van der Waals surface area contributed by atoms with Gasteiger partial charge in [-0.05, 0) is 50.3 Å². The van der Waals surface area contributed by atoms with Crippen LogP contribution >= 0.6 is 0 Å². The first-order valence-corrected chi connectivity index (χ1v) is 9.36. The van der Waals surface area contributed by atoms with Crippen LogP contribution in [0.1, 0.15) is 42.5 Å². The summed E-state index contributed by atoms with van der Waals surface area (Å²) in [5.74, 6) is -0.663. The number of primary amides is 1. The second-order valence-electron chi connectivity index (χ2n) is 7.30. The zero-order valence-electron chi connectivity index (χ0n) is 14.8. The molecule has 3 aliphatic rings. The number of likely N-dealkylation sites (tertiary alicyclic amines) is 1. The number of amides is 3. The predicted octanol–water partition coefficient (Wildman–Crippen LogP) is 1.11. The maximum atomic E-state index is 13.0. The summed E-state index contributed by atoms with van der Waals surface area (Å²) in [6, 6.07) is 5.26. The van der Waals surface area contributed by atoms with Crippen LogP contribution in [0.3, 0.4) is 0 Å². The Labute approximate surface area is 152 Å². The number of carbonyl (C=O) groups excluding carboxylic acids is 3. The van der Waals surface area contributed by atoms with Crippen molar-refractivity contribution in [1.82, 2.24) is 4.90 Å². The number of nitrogens with zero attached hydrogens (tertiary/aromatic N) is 3. The van der Waals surface area contributed by atoms with Crippen LogP contribution in [0.2, 0.25) is 0 Å². The second-order valence-corrected chi connectivity index (χ2v) is 7.30. The van der Waals surface area contributed by atoms with Gasteiger partial charge in [0.1, 0.15) is 12.6 Å². The van der Waals surface area contributed by atoms with Crippen molar-refractivity contribution in [2.45, 2.75) is 38.1 Å². The molecule has 3 amide bonds. The summed E-state index contributed by atoms with van der Waals surface area (Å²) < 4.78 is 0. The first-order chi connectivity index (χ1) is 12.6. The third-order valence-corrected chi connectivity index (χ3v) is 5.58. The van der Waals surface area contributed by atoms with Gasteiger partial charge in [0.15, 0.2) is 0 Å².